The molecular formula is C17H23BrN2O3. The minimum Gasteiger partial charge on any atom is -0.444 e. The Morgan fingerprint density at radius 3 is 2.52 bits per heavy atom. The van der Waals surface area contributed by atoms with Crippen LogP contribution in [0.1, 0.15) is 52.0 Å². The van der Waals surface area contributed by atoms with Gasteiger partial charge in [0.1, 0.15) is 10.2 Å². The van der Waals surface area contributed by atoms with E-state index in [4.69, 9.17) is 4.74 Å². The van der Waals surface area contributed by atoms with Gasteiger partial charge in [-0.05, 0) is 55.6 Å². The van der Waals surface area contributed by atoms with E-state index in [0.717, 1.165) is 18.4 Å². The van der Waals surface area contributed by atoms with E-state index in [0.29, 0.717) is 17.4 Å². The molecule has 0 saturated carbocycles. The third kappa shape index (κ3) is 3.24. The standard InChI is InChI=1S/C17H23BrN2O3/c1-16(2,3)23-15(21)20-11-6-7-12(20)10-17(22,9-11)13-5-4-8-19-14(13)18/h4-5,8,11-12,22H,6-7,9-10H2,1-3H3. The second-order valence-electron chi connectivity index (χ2n) is 7.55. The number of pyridine rings is 1. The van der Waals surface area contributed by atoms with Crippen molar-refractivity contribution in [2.45, 2.75) is 69.7 Å². The fourth-order valence-corrected chi connectivity index (χ4v) is 4.41. The molecule has 1 aromatic rings. The normalized spacial score (nSPS) is 30.4. The first-order valence-corrected chi connectivity index (χ1v) is 8.84. The van der Waals surface area contributed by atoms with Gasteiger partial charge >= 0.3 is 6.09 Å². The van der Waals surface area contributed by atoms with Gasteiger partial charge in [-0.15, -0.1) is 0 Å². The van der Waals surface area contributed by atoms with Gasteiger partial charge in [-0.2, -0.15) is 0 Å². The zero-order valence-corrected chi connectivity index (χ0v) is 15.3. The Kier molecular flexibility index (Phi) is 4.17. The van der Waals surface area contributed by atoms with Crippen LogP contribution in [0.25, 0.3) is 0 Å². The van der Waals surface area contributed by atoms with Crippen molar-refractivity contribution >= 4 is 22.0 Å². The number of nitrogens with zero attached hydrogens (tertiary/aromatic N) is 2. The predicted molar refractivity (Wildman–Crippen MR) is 90.0 cm³/mol. The first kappa shape index (κ1) is 16.7. The molecule has 23 heavy (non-hydrogen) atoms. The number of hydrogen-bond acceptors (Lipinski definition) is 4. The maximum atomic E-state index is 12.5. The zero-order chi connectivity index (χ0) is 16.8. The molecular weight excluding hydrogens is 360 g/mol. The number of rotatable bonds is 1. The molecule has 2 aliphatic rings. The molecule has 6 heteroatoms. The fourth-order valence-electron chi connectivity index (χ4n) is 3.79. The van der Waals surface area contributed by atoms with Crippen molar-refractivity contribution in [2.24, 2.45) is 0 Å². The number of ether oxygens (including phenoxy) is 1. The molecule has 2 saturated heterocycles. The van der Waals surface area contributed by atoms with Gasteiger partial charge in [-0.1, -0.05) is 6.07 Å². The molecule has 5 nitrogen and oxygen atoms in total. The topological polar surface area (TPSA) is 62.7 Å². The van der Waals surface area contributed by atoms with E-state index in [9.17, 15) is 9.90 Å². The molecule has 2 aliphatic heterocycles. The molecule has 0 aliphatic carbocycles. The Bertz CT molecular complexity index is 600. The monoisotopic (exact) mass is 382 g/mol. The van der Waals surface area contributed by atoms with Gasteiger partial charge < -0.3 is 14.7 Å². The number of aliphatic hydroxyl groups is 1. The lowest BCUT2D eigenvalue weighted by atomic mass is 9.81. The summed E-state index contributed by atoms with van der Waals surface area (Å²) in [5.74, 6) is 0. The van der Waals surface area contributed by atoms with Crippen LogP contribution in [-0.4, -0.2) is 38.8 Å². The Morgan fingerprint density at radius 1 is 1.39 bits per heavy atom. The van der Waals surface area contributed by atoms with Crippen LogP contribution in [0.15, 0.2) is 22.9 Å². The van der Waals surface area contributed by atoms with Gasteiger partial charge in [-0.25, -0.2) is 9.78 Å². The third-order valence-electron chi connectivity index (χ3n) is 4.63. The van der Waals surface area contributed by atoms with E-state index in [1.54, 1.807) is 6.20 Å². The van der Waals surface area contributed by atoms with Crippen LogP contribution >= 0.6 is 15.9 Å². The summed E-state index contributed by atoms with van der Waals surface area (Å²) in [4.78, 5) is 18.6. The molecule has 126 valence electrons. The second-order valence-corrected chi connectivity index (χ2v) is 8.31. The number of hydrogen-bond donors (Lipinski definition) is 1. The lowest BCUT2D eigenvalue weighted by Gasteiger charge is -2.44. The van der Waals surface area contributed by atoms with Gasteiger partial charge in [0.15, 0.2) is 0 Å². The largest absolute Gasteiger partial charge is 0.444 e. The highest BCUT2D eigenvalue weighted by atomic mass is 79.9. The summed E-state index contributed by atoms with van der Waals surface area (Å²) >= 11 is 3.43. The smallest absolute Gasteiger partial charge is 0.410 e. The number of halogens is 1. The molecule has 2 atom stereocenters. The third-order valence-corrected chi connectivity index (χ3v) is 5.26. The number of fused-ring (bicyclic) bond motifs is 2. The van der Waals surface area contributed by atoms with Crippen molar-refractivity contribution in [2.75, 3.05) is 0 Å². The summed E-state index contributed by atoms with van der Waals surface area (Å²) in [6.45, 7) is 5.62. The number of carbonyl (C=O) groups excluding carboxylic acids is 1. The van der Waals surface area contributed by atoms with Crippen molar-refractivity contribution in [3.05, 3.63) is 28.5 Å². The number of amides is 1. The molecule has 1 amide bonds. The lowest BCUT2D eigenvalue weighted by molar-refractivity contribution is -0.0629. The van der Waals surface area contributed by atoms with E-state index >= 15 is 0 Å². The summed E-state index contributed by atoms with van der Waals surface area (Å²) in [5, 5.41) is 11.2. The first-order valence-electron chi connectivity index (χ1n) is 8.04. The van der Waals surface area contributed by atoms with Gasteiger partial charge in [0, 0.05) is 36.7 Å². The fraction of sp³-hybridized carbons (Fsp3) is 0.647. The zero-order valence-electron chi connectivity index (χ0n) is 13.8. The van der Waals surface area contributed by atoms with Crippen molar-refractivity contribution in [1.29, 1.82) is 0 Å². The predicted octanol–water partition coefficient (Wildman–Crippen LogP) is 3.59. The highest BCUT2D eigenvalue weighted by Crippen LogP contribution is 2.47. The Morgan fingerprint density at radius 2 is 2.00 bits per heavy atom. The number of piperidine rings is 1. The Labute approximate surface area is 145 Å². The molecule has 3 heterocycles. The molecule has 2 fully saturated rings. The highest BCUT2D eigenvalue weighted by molar-refractivity contribution is 9.10. The van der Waals surface area contributed by atoms with E-state index in [2.05, 4.69) is 20.9 Å². The molecule has 2 bridgehead atoms. The molecule has 0 radical (unpaired) electrons. The quantitative estimate of drug-likeness (QED) is 0.753. The SMILES string of the molecule is CC(C)(C)OC(=O)N1C2CCC1CC(O)(c1cccnc1Br)C2. The van der Waals surface area contributed by atoms with E-state index in [-0.39, 0.29) is 18.2 Å². The number of aromatic nitrogens is 1. The lowest BCUT2D eigenvalue weighted by Crippen LogP contribution is -2.53. The van der Waals surface area contributed by atoms with Crippen LogP contribution < -0.4 is 0 Å². The molecule has 1 N–H and O–H groups in total. The second kappa shape index (κ2) is 5.74. The summed E-state index contributed by atoms with van der Waals surface area (Å²) in [6.07, 6.45) is 4.28. The first-order chi connectivity index (χ1) is 10.7. The summed E-state index contributed by atoms with van der Waals surface area (Å²) < 4.78 is 6.21. The van der Waals surface area contributed by atoms with Crippen LogP contribution in [0, 0.1) is 0 Å². The molecule has 0 spiro atoms. The molecule has 2 unspecified atom stereocenters. The summed E-state index contributed by atoms with van der Waals surface area (Å²) in [6, 6.07) is 3.77. The van der Waals surface area contributed by atoms with Crippen molar-refractivity contribution < 1.29 is 14.6 Å². The van der Waals surface area contributed by atoms with Crippen molar-refractivity contribution in [1.82, 2.24) is 9.88 Å². The van der Waals surface area contributed by atoms with Crippen LogP contribution in [0.5, 0.6) is 0 Å². The summed E-state index contributed by atoms with van der Waals surface area (Å²) in [7, 11) is 0. The highest BCUT2D eigenvalue weighted by Gasteiger charge is 2.51. The Balaban J connectivity index is 1.82. The molecule has 0 aromatic carbocycles. The van der Waals surface area contributed by atoms with Crippen molar-refractivity contribution in [3.8, 4) is 0 Å². The summed E-state index contributed by atoms with van der Waals surface area (Å²) in [5.41, 5.74) is -0.644. The van der Waals surface area contributed by atoms with Gasteiger partial charge in [0.25, 0.3) is 0 Å². The number of carbonyl (C=O) groups is 1. The van der Waals surface area contributed by atoms with Crippen LogP contribution in [-0.2, 0) is 10.3 Å². The average molecular weight is 383 g/mol. The van der Waals surface area contributed by atoms with Crippen LogP contribution in [0.2, 0.25) is 0 Å². The van der Waals surface area contributed by atoms with Gasteiger partial charge in [-0.3, -0.25) is 0 Å². The van der Waals surface area contributed by atoms with E-state index < -0.39 is 11.2 Å². The van der Waals surface area contributed by atoms with Gasteiger partial charge in [0.05, 0.1) is 5.60 Å². The maximum absolute atomic E-state index is 12.5. The molecule has 1 aromatic heterocycles. The van der Waals surface area contributed by atoms with Gasteiger partial charge in [0.2, 0.25) is 0 Å². The van der Waals surface area contributed by atoms with E-state index in [1.807, 2.05) is 37.8 Å². The average Bonchev–Trinajstić information content (AvgIpc) is 2.70. The maximum Gasteiger partial charge on any atom is 0.410 e. The van der Waals surface area contributed by atoms with Crippen LogP contribution in [0.3, 0.4) is 0 Å². The minimum absolute atomic E-state index is 0.0145. The Hall–Kier alpha value is -1.14. The van der Waals surface area contributed by atoms with E-state index in [1.165, 1.54) is 0 Å². The van der Waals surface area contributed by atoms with Crippen LogP contribution in [0.4, 0.5) is 4.79 Å². The van der Waals surface area contributed by atoms with Crippen molar-refractivity contribution in [3.63, 3.8) is 0 Å². The minimum atomic E-state index is -0.947. The molecule has 3 rings (SSSR count).